The van der Waals surface area contributed by atoms with Gasteiger partial charge in [0.25, 0.3) is 0 Å². The highest BCUT2D eigenvalue weighted by molar-refractivity contribution is 14.0. The van der Waals surface area contributed by atoms with E-state index in [-0.39, 0.29) is 24.0 Å². The number of aromatic nitrogens is 2. The number of aromatic amines is 1. The molecule has 0 amide bonds. The van der Waals surface area contributed by atoms with E-state index in [1.54, 1.807) is 0 Å². The van der Waals surface area contributed by atoms with Crippen molar-refractivity contribution in [2.75, 3.05) is 19.7 Å². The number of hydrogen-bond donors (Lipinski definition) is 3. The van der Waals surface area contributed by atoms with Crippen LogP contribution < -0.4 is 15.4 Å². The zero-order valence-electron chi connectivity index (χ0n) is 16.8. The number of aryl methyl sites for hydroxylation is 2. The van der Waals surface area contributed by atoms with E-state index in [1.807, 2.05) is 24.4 Å². The second-order valence-electron chi connectivity index (χ2n) is 7.11. The fourth-order valence-electron chi connectivity index (χ4n) is 2.89. The van der Waals surface area contributed by atoms with Gasteiger partial charge in [-0.2, -0.15) is 5.10 Å². The molecule has 0 spiro atoms. The summed E-state index contributed by atoms with van der Waals surface area (Å²) < 4.78 is 5.99. The monoisotopic (exact) mass is 497 g/mol. The van der Waals surface area contributed by atoms with E-state index in [0.717, 1.165) is 61.4 Å². The molecule has 0 bridgehead atoms. The third kappa shape index (κ3) is 7.33. The summed E-state index contributed by atoms with van der Waals surface area (Å²) in [5.41, 5.74) is 3.56. The van der Waals surface area contributed by atoms with Crippen molar-refractivity contribution in [2.45, 2.75) is 46.1 Å². The van der Waals surface area contributed by atoms with Crippen LogP contribution >= 0.6 is 24.0 Å². The second-order valence-corrected chi connectivity index (χ2v) is 7.11. The average molecular weight is 497 g/mol. The fourth-order valence-corrected chi connectivity index (χ4v) is 2.89. The molecule has 1 aliphatic rings. The highest BCUT2D eigenvalue weighted by atomic mass is 127. The molecule has 0 radical (unpaired) electrons. The SMILES string of the molecule is CCNC(=NCc1ccccc1OCC1CC1)NCCCc1cn[nH]c1C.I. The molecule has 6 nitrogen and oxygen atoms in total. The minimum absolute atomic E-state index is 0. The van der Waals surface area contributed by atoms with Crippen molar-refractivity contribution in [1.82, 2.24) is 20.8 Å². The molecule has 1 aromatic carbocycles. The zero-order valence-corrected chi connectivity index (χ0v) is 19.2. The van der Waals surface area contributed by atoms with Crippen molar-refractivity contribution in [3.8, 4) is 5.75 Å². The molecule has 0 unspecified atom stereocenters. The van der Waals surface area contributed by atoms with Gasteiger partial charge in [-0.15, -0.1) is 24.0 Å². The third-order valence-electron chi connectivity index (χ3n) is 4.75. The number of nitrogens with one attached hydrogen (secondary N) is 3. The minimum atomic E-state index is 0. The first kappa shape index (κ1) is 22.5. The normalized spacial score (nSPS) is 13.7. The van der Waals surface area contributed by atoms with Crippen molar-refractivity contribution in [1.29, 1.82) is 0 Å². The van der Waals surface area contributed by atoms with Crippen LogP contribution in [0.5, 0.6) is 5.75 Å². The minimum Gasteiger partial charge on any atom is -0.493 e. The number of H-pyrrole nitrogens is 1. The van der Waals surface area contributed by atoms with Gasteiger partial charge in [0.1, 0.15) is 5.75 Å². The fraction of sp³-hybridized carbons (Fsp3) is 0.524. The van der Waals surface area contributed by atoms with Gasteiger partial charge in [-0.25, -0.2) is 4.99 Å². The van der Waals surface area contributed by atoms with Crippen molar-refractivity contribution in [2.24, 2.45) is 10.9 Å². The molecule has 0 atom stereocenters. The summed E-state index contributed by atoms with van der Waals surface area (Å²) in [6.45, 7) is 7.29. The topological polar surface area (TPSA) is 74.3 Å². The smallest absolute Gasteiger partial charge is 0.191 e. The Morgan fingerprint density at radius 1 is 1.25 bits per heavy atom. The van der Waals surface area contributed by atoms with E-state index in [9.17, 15) is 0 Å². The first-order valence-corrected chi connectivity index (χ1v) is 9.98. The molecule has 3 N–H and O–H groups in total. The van der Waals surface area contributed by atoms with Crippen LogP contribution in [0, 0.1) is 12.8 Å². The molecule has 154 valence electrons. The summed E-state index contributed by atoms with van der Waals surface area (Å²) in [4.78, 5) is 4.74. The number of hydrogen-bond acceptors (Lipinski definition) is 3. The molecule has 1 heterocycles. The zero-order chi connectivity index (χ0) is 18.9. The lowest BCUT2D eigenvalue weighted by Crippen LogP contribution is -2.37. The summed E-state index contributed by atoms with van der Waals surface area (Å²) in [5.74, 6) is 2.55. The Morgan fingerprint density at radius 3 is 2.79 bits per heavy atom. The Hall–Kier alpha value is -1.77. The van der Waals surface area contributed by atoms with Crippen LogP contribution in [0.1, 0.15) is 43.0 Å². The number of nitrogens with zero attached hydrogens (tertiary/aromatic N) is 2. The maximum Gasteiger partial charge on any atom is 0.191 e. The van der Waals surface area contributed by atoms with Crippen LogP contribution in [0.25, 0.3) is 0 Å². The van der Waals surface area contributed by atoms with E-state index in [4.69, 9.17) is 9.73 Å². The third-order valence-corrected chi connectivity index (χ3v) is 4.75. The van der Waals surface area contributed by atoms with Crippen LogP contribution in [-0.4, -0.2) is 35.9 Å². The lowest BCUT2D eigenvalue weighted by molar-refractivity contribution is 0.297. The van der Waals surface area contributed by atoms with Gasteiger partial charge in [-0.1, -0.05) is 18.2 Å². The summed E-state index contributed by atoms with van der Waals surface area (Å²) in [5, 5.41) is 13.8. The molecule has 28 heavy (non-hydrogen) atoms. The number of benzene rings is 1. The summed E-state index contributed by atoms with van der Waals surface area (Å²) in [6.07, 6.45) is 6.55. The van der Waals surface area contributed by atoms with Crippen molar-refractivity contribution in [3.63, 3.8) is 0 Å². The molecule has 3 rings (SSSR count). The van der Waals surface area contributed by atoms with E-state index in [1.165, 1.54) is 18.4 Å². The van der Waals surface area contributed by atoms with Gasteiger partial charge >= 0.3 is 0 Å². The Balaban J connectivity index is 0.00000280. The summed E-state index contributed by atoms with van der Waals surface area (Å²) in [6, 6.07) is 8.21. The van der Waals surface area contributed by atoms with E-state index < -0.39 is 0 Å². The van der Waals surface area contributed by atoms with Gasteiger partial charge in [0, 0.05) is 24.3 Å². The first-order chi connectivity index (χ1) is 13.3. The van der Waals surface area contributed by atoms with Crippen molar-refractivity contribution >= 4 is 29.9 Å². The number of para-hydroxylation sites is 1. The molecule has 2 aromatic rings. The van der Waals surface area contributed by atoms with Crippen LogP contribution in [0.3, 0.4) is 0 Å². The Labute approximate surface area is 185 Å². The van der Waals surface area contributed by atoms with Gasteiger partial charge in [-0.3, -0.25) is 5.10 Å². The van der Waals surface area contributed by atoms with Gasteiger partial charge in [0.15, 0.2) is 5.96 Å². The highest BCUT2D eigenvalue weighted by Gasteiger charge is 2.22. The molecule has 0 saturated heterocycles. The highest BCUT2D eigenvalue weighted by Crippen LogP contribution is 2.30. The molecule has 1 aromatic heterocycles. The summed E-state index contributed by atoms with van der Waals surface area (Å²) >= 11 is 0. The standard InChI is InChI=1S/C21H31N5O.HI/c1-3-22-21(23-12-6-8-18-14-25-26-16(18)2)24-13-19-7-4-5-9-20(19)27-15-17-10-11-17;/h4-5,7,9,14,17H,3,6,8,10-13,15H2,1-2H3,(H,25,26)(H2,22,23,24);1H. The molecular weight excluding hydrogens is 465 g/mol. The predicted molar refractivity (Wildman–Crippen MR) is 125 cm³/mol. The maximum absolute atomic E-state index is 5.99. The van der Waals surface area contributed by atoms with Crippen LogP contribution in [-0.2, 0) is 13.0 Å². The number of rotatable bonds is 10. The number of ether oxygens (including phenoxy) is 1. The Morgan fingerprint density at radius 2 is 2.07 bits per heavy atom. The molecule has 1 fully saturated rings. The number of halogens is 1. The van der Waals surface area contributed by atoms with E-state index in [2.05, 4.69) is 40.7 Å². The molecule has 1 saturated carbocycles. The number of guanidine groups is 1. The largest absolute Gasteiger partial charge is 0.493 e. The van der Waals surface area contributed by atoms with Crippen LogP contribution in [0.15, 0.2) is 35.5 Å². The Kier molecular flexibility index (Phi) is 9.60. The van der Waals surface area contributed by atoms with Gasteiger partial charge in [-0.05, 0) is 57.1 Å². The molecule has 7 heteroatoms. The molecule has 0 aliphatic heterocycles. The number of aliphatic imine (C=N–C) groups is 1. The summed E-state index contributed by atoms with van der Waals surface area (Å²) in [7, 11) is 0. The van der Waals surface area contributed by atoms with Crippen molar-refractivity contribution < 1.29 is 4.74 Å². The lowest BCUT2D eigenvalue weighted by Gasteiger charge is -2.13. The average Bonchev–Trinajstić information content (AvgIpc) is 3.43. The lowest BCUT2D eigenvalue weighted by atomic mass is 10.1. The van der Waals surface area contributed by atoms with E-state index >= 15 is 0 Å². The molecule has 1 aliphatic carbocycles. The predicted octanol–water partition coefficient (Wildman–Crippen LogP) is 3.81. The van der Waals surface area contributed by atoms with Crippen LogP contribution in [0.2, 0.25) is 0 Å². The first-order valence-electron chi connectivity index (χ1n) is 9.98. The van der Waals surface area contributed by atoms with Crippen molar-refractivity contribution in [3.05, 3.63) is 47.3 Å². The second kappa shape index (κ2) is 11.9. The van der Waals surface area contributed by atoms with Gasteiger partial charge < -0.3 is 15.4 Å². The van der Waals surface area contributed by atoms with Crippen LogP contribution in [0.4, 0.5) is 0 Å². The Bertz CT molecular complexity index is 742. The van der Waals surface area contributed by atoms with Gasteiger partial charge in [0.05, 0.1) is 19.3 Å². The quantitative estimate of drug-likeness (QED) is 0.202. The van der Waals surface area contributed by atoms with E-state index in [0.29, 0.717) is 6.54 Å². The molecular formula is C21H32IN5O. The maximum atomic E-state index is 5.99. The van der Waals surface area contributed by atoms with Gasteiger partial charge in [0.2, 0.25) is 0 Å².